The third-order valence-corrected chi connectivity index (χ3v) is 4.32. The number of aromatic nitrogens is 2. The first kappa shape index (κ1) is 13.3. The number of rotatable bonds is 3. The van der Waals surface area contributed by atoms with Crippen LogP contribution in [0.2, 0.25) is 5.02 Å². The van der Waals surface area contributed by atoms with Crippen molar-refractivity contribution in [3.05, 3.63) is 46.3 Å². The molecule has 8 heteroatoms. The number of nitrogens with zero attached hydrogens (tertiary/aromatic N) is 2. The molecular weight excluding hydrogens is 342 g/mol. The van der Waals surface area contributed by atoms with E-state index < -0.39 is 10.0 Å². The summed E-state index contributed by atoms with van der Waals surface area (Å²) in [5, 5.41) is 0.126. The summed E-state index contributed by atoms with van der Waals surface area (Å²) in [7, 11) is -3.77. The maximum atomic E-state index is 12.1. The van der Waals surface area contributed by atoms with Crippen molar-refractivity contribution < 1.29 is 8.42 Å². The number of benzene rings is 1. The summed E-state index contributed by atoms with van der Waals surface area (Å²) in [5.74, 6) is 0.136. The highest BCUT2D eigenvalue weighted by Crippen LogP contribution is 2.26. The van der Waals surface area contributed by atoms with Crippen molar-refractivity contribution in [1.29, 1.82) is 0 Å². The predicted octanol–water partition coefficient (Wildman–Crippen LogP) is 2.69. The van der Waals surface area contributed by atoms with Gasteiger partial charge in [-0.15, -0.1) is 0 Å². The molecule has 0 aliphatic carbocycles. The molecule has 2 aromatic rings. The van der Waals surface area contributed by atoms with Gasteiger partial charge in [-0.2, -0.15) is 0 Å². The number of hydrogen-bond acceptors (Lipinski definition) is 4. The summed E-state index contributed by atoms with van der Waals surface area (Å²) in [5.41, 5.74) is 0. The minimum Gasteiger partial charge on any atom is -0.262 e. The lowest BCUT2D eigenvalue weighted by Gasteiger charge is -2.08. The number of halogens is 2. The Bertz CT molecular complexity index is 664. The Morgan fingerprint density at radius 1 is 1.28 bits per heavy atom. The molecule has 0 saturated heterocycles. The van der Waals surface area contributed by atoms with Crippen LogP contribution in [-0.2, 0) is 10.0 Å². The largest absolute Gasteiger partial charge is 0.264 e. The van der Waals surface area contributed by atoms with E-state index in [-0.39, 0.29) is 15.7 Å². The van der Waals surface area contributed by atoms with Crippen molar-refractivity contribution in [2.45, 2.75) is 4.90 Å². The van der Waals surface area contributed by atoms with Crippen molar-refractivity contribution in [1.82, 2.24) is 9.97 Å². The van der Waals surface area contributed by atoms with Crippen LogP contribution in [0.25, 0.3) is 0 Å². The van der Waals surface area contributed by atoms with Gasteiger partial charge < -0.3 is 0 Å². The molecule has 0 unspecified atom stereocenters. The first-order chi connectivity index (χ1) is 8.49. The van der Waals surface area contributed by atoms with Crippen LogP contribution in [0.15, 0.2) is 46.2 Å². The molecule has 0 aliphatic heterocycles. The van der Waals surface area contributed by atoms with Gasteiger partial charge in [0.05, 0.1) is 11.2 Å². The van der Waals surface area contributed by atoms with E-state index >= 15 is 0 Å². The van der Waals surface area contributed by atoms with Crippen LogP contribution in [0.4, 0.5) is 5.82 Å². The first-order valence-electron chi connectivity index (χ1n) is 4.73. The number of anilines is 1. The molecule has 5 nitrogen and oxygen atoms in total. The maximum Gasteiger partial charge on any atom is 0.264 e. The predicted molar refractivity (Wildman–Crippen MR) is 72.0 cm³/mol. The van der Waals surface area contributed by atoms with Gasteiger partial charge in [-0.05, 0) is 18.2 Å². The van der Waals surface area contributed by atoms with Crippen LogP contribution < -0.4 is 4.72 Å². The minimum atomic E-state index is -3.77. The van der Waals surface area contributed by atoms with E-state index in [0.29, 0.717) is 4.47 Å². The van der Waals surface area contributed by atoms with Crippen LogP contribution in [0.5, 0.6) is 0 Å². The minimum absolute atomic E-state index is 0.0157. The molecule has 2 rings (SSSR count). The van der Waals surface area contributed by atoms with Gasteiger partial charge in [-0.25, -0.2) is 13.4 Å². The second kappa shape index (κ2) is 5.21. The van der Waals surface area contributed by atoms with Crippen molar-refractivity contribution in [3.8, 4) is 0 Å². The Balaban J connectivity index is 2.37. The van der Waals surface area contributed by atoms with E-state index in [1.54, 1.807) is 6.07 Å². The van der Waals surface area contributed by atoms with Gasteiger partial charge >= 0.3 is 0 Å². The lowest BCUT2D eigenvalue weighted by molar-refractivity contribution is 0.601. The van der Waals surface area contributed by atoms with Crippen molar-refractivity contribution in [3.63, 3.8) is 0 Å². The highest BCUT2D eigenvalue weighted by molar-refractivity contribution is 9.10. The summed E-state index contributed by atoms with van der Waals surface area (Å²) in [6.07, 6.45) is 4.15. The zero-order chi connectivity index (χ0) is 13.2. The highest BCUT2D eigenvalue weighted by Gasteiger charge is 2.18. The van der Waals surface area contributed by atoms with Crippen molar-refractivity contribution >= 4 is 43.4 Å². The Hall–Kier alpha value is -1.18. The highest BCUT2D eigenvalue weighted by atomic mass is 79.9. The van der Waals surface area contributed by atoms with Crippen molar-refractivity contribution in [2.24, 2.45) is 0 Å². The second-order valence-electron chi connectivity index (χ2n) is 3.27. The molecule has 0 fully saturated rings. The third-order valence-electron chi connectivity index (χ3n) is 1.99. The van der Waals surface area contributed by atoms with E-state index in [0.717, 1.165) is 0 Å². The van der Waals surface area contributed by atoms with Crippen LogP contribution in [0, 0.1) is 0 Å². The zero-order valence-corrected chi connectivity index (χ0v) is 12.0. The van der Waals surface area contributed by atoms with Gasteiger partial charge in [-0.3, -0.25) is 9.71 Å². The molecule has 0 amide bonds. The van der Waals surface area contributed by atoms with E-state index in [4.69, 9.17) is 11.6 Å². The van der Waals surface area contributed by atoms with Gasteiger partial charge in [-0.1, -0.05) is 27.5 Å². The van der Waals surface area contributed by atoms with Gasteiger partial charge in [0.15, 0.2) is 5.82 Å². The number of sulfonamides is 1. The third kappa shape index (κ3) is 2.98. The van der Waals surface area contributed by atoms with E-state index in [9.17, 15) is 8.42 Å². The Morgan fingerprint density at radius 3 is 2.67 bits per heavy atom. The average molecular weight is 349 g/mol. The molecule has 0 spiro atoms. The van der Waals surface area contributed by atoms with Gasteiger partial charge in [0, 0.05) is 16.9 Å². The molecular formula is C10H7BrClN3O2S. The lowest BCUT2D eigenvalue weighted by atomic mass is 10.4. The zero-order valence-electron chi connectivity index (χ0n) is 8.84. The summed E-state index contributed by atoms with van der Waals surface area (Å²) < 4.78 is 27.1. The fourth-order valence-corrected chi connectivity index (χ4v) is 3.27. The van der Waals surface area contributed by atoms with Crippen molar-refractivity contribution in [2.75, 3.05) is 4.72 Å². The molecule has 94 valence electrons. The van der Waals surface area contributed by atoms with E-state index in [1.807, 2.05) is 0 Å². The van der Waals surface area contributed by atoms with Crippen LogP contribution in [-0.4, -0.2) is 18.4 Å². The van der Waals surface area contributed by atoms with Gasteiger partial charge in [0.2, 0.25) is 0 Å². The quantitative estimate of drug-likeness (QED) is 0.925. The van der Waals surface area contributed by atoms with Crippen LogP contribution in [0.1, 0.15) is 0 Å². The van der Waals surface area contributed by atoms with Gasteiger partial charge in [0.1, 0.15) is 4.90 Å². The monoisotopic (exact) mass is 347 g/mol. The van der Waals surface area contributed by atoms with Crippen LogP contribution in [0.3, 0.4) is 0 Å². The van der Waals surface area contributed by atoms with Gasteiger partial charge in [0.25, 0.3) is 10.0 Å². The molecule has 0 atom stereocenters. The molecule has 0 saturated carbocycles. The molecule has 1 heterocycles. The average Bonchev–Trinajstić information content (AvgIpc) is 2.29. The first-order valence-corrected chi connectivity index (χ1v) is 7.38. The molecule has 1 aromatic carbocycles. The topological polar surface area (TPSA) is 72.0 Å². The standard InChI is InChI=1S/C10H7BrClN3O2S/c11-7-1-2-9(8(12)5-7)18(16,17)15-10-6-13-3-4-14-10/h1-6H,(H,14,15). The summed E-state index contributed by atoms with van der Waals surface area (Å²) in [4.78, 5) is 7.58. The summed E-state index contributed by atoms with van der Waals surface area (Å²) >= 11 is 9.10. The Kier molecular flexibility index (Phi) is 3.84. The molecule has 1 N–H and O–H groups in total. The Labute approximate surface area is 117 Å². The molecule has 1 aromatic heterocycles. The smallest absolute Gasteiger partial charge is 0.262 e. The molecule has 0 radical (unpaired) electrons. The summed E-state index contributed by atoms with van der Waals surface area (Å²) in [6, 6.07) is 4.51. The SMILES string of the molecule is O=S(=O)(Nc1cnccn1)c1ccc(Br)cc1Cl. The fourth-order valence-electron chi connectivity index (χ4n) is 1.24. The molecule has 0 bridgehead atoms. The summed E-state index contributed by atoms with van der Waals surface area (Å²) in [6.45, 7) is 0. The maximum absolute atomic E-state index is 12.1. The number of nitrogens with one attached hydrogen (secondary N) is 1. The second-order valence-corrected chi connectivity index (χ2v) is 6.24. The Morgan fingerprint density at radius 2 is 2.06 bits per heavy atom. The van der Waals surface area contributed by atoms with E-state index in [1.165, 1.54) is 30.7 Å². The molecule has 0 aliphatic rings. The fraction of sp³-hybridized carbons (Fsp3) is 0. The van der Waals surface area contributed by atoms with E-state index in [2.05, 4.69) is 30.6 Å². The lowest BCUT2D eigenvalue weighted by Crippen LogP contribution is -2.14. The normalized spacial score (nSPS) is 11.2. The van der Waals surface area contributed by atoms with Crippen LogP contribution >= 0.6 is 27.5 Å². The molecule has 18 heavy (non-hydrogen) atoms. The number of hydrogen-bond donors (Lipinski definition) is 1.